The summed E-state index contributed by atoms with van der Waals surface area (Å²) in [6.07, 6.45) is 0.426. The average molecular weight is 332 g/mol. The third-order valence-electron chi connectivity index (χ3n) is 2.75. The largest absolute Gasteiger partial charge is 0.391 e. The van der Waals surface area contributed by atoms with Crippen molar-refractivity contribution in [1.29, 1.82) is 0 Å². The smallest absolute Gasteiger partial charge is 0.364 e. The van der Waals surface area contributed by atoms with Gasteiger partial charge in [-0.2, -0.15) is 0 Å². The van der Waals surface area contributed by atoms with Crippen molar-refractivity contribution in [2.24, 2.45) is 0 Å². The van der Waals surface area contributed by atoms with E-state index in [1.54, 1.807) is 20.8 Å². The second kappa shape index (κ2) is 5.62. The van der Waals surface area contributed by atoms with Gasteiger partial charge in [-0.15, -0.1) is 0 Å². The van der Waals surface area contributed by atoms with Gasteiger partial charge in [0.25, 0.3) is 5.91 Å². The van der Waals surface area contributed by atoms with E-state index in [4.69, 9.17) is 0 Å². The summed E-state index contributed by atoms with van der Waals surface area (Å²) in [6, 6.07) is 1.08. The second-order valence-corrected chi connectivity index (χ2v) is 5.49. The Labute approximate surface area is 118 Å². The number of nitrogens with one attached hydrogen (secondary N) is 1. The van der Waals surface area contributed by atoms with E-state index < -0.39 is 28.3 Å². The zero-order valence-corrected chi connectivity index (χ0v) is 12.3. The Morgan fingerprint density at radius 2 is 2.21 bits per heavy atom. The molecule has 1 atom stereocenters. The Hall–Kier alpha value is -1.54. The molecule has 0 saturated carbocycles. The fourth-order valence-electron chi connectivity index (χ4n) is 1.17. The molecule has 0 aliphatic heterocycles. The third-order valence-corrected chi connectivity index (χ3v) is 3.38. The number of pyridine rings is 1. The minimum atomic E-state index is -0.853. The molecule has 0 saturated heterocycles. The van der Waals surface area contributed by atoms with Crippen molar-refractivity contribution in [3.05, 3.63) is 32.4 Å². The van der Waals surface area contributed by atoms with Crippen LogP contribution in [0.4, 0.5) is 5.82 Å². The first kappa shape index (κ1) is 15.5. The van der Waals surface area contributed by atoms with Gasteiger partial charge in [0, 0.05) is 6.07 Å². The normalized spacial score (nSPS) is 12.9. The fourth-order valence-corrected chi connectivity index (χ4v) is 1.56. The van der Waals surface area contributed by atoms with Crippen LogP contribution in [0.1, 0.15) is 31.1 Å². The molecule has 1 rings (SSSR count). The van der Waals surface area contributed by atoms with Crippen molar-refractivity contribution >= 4 is 27.7 Å². The molecule has 0 radical (unpaired) electrons. The molecular formula is C11H14BrN3O4. The molecule has 1 unspecified atom stereocenters. The van der Waals surface area contributed by atoms with Crippen LogP contribution >= 0.6 is 15.9 Å². The number of carbonyl (C=O) groups is 1. The molecule has 2 N–H and O–H groups in total. The Morgan fingerprint density at radius 3 is 2.68 bits per heavy atom. The van der Waals surface area contributed by atoms with Crippen LogP contribution in [-0.2, 0) is 0 Å². The van der Waals surface area contributed by atoms with Crippen LogP contribution in [0.2, 0.25) is 0 Å². The van der Waals surface area contributed by atoms with Crippen LogP contribution in [0.3, 0.4) is 0 Å². The van der Waals surface area contributed by atoms with Gasteiger partial charge in [-0.3, -0.25) is 4.79 Å². The van der Waals surface area contributed by atoms with Gasteiger partial charge < -0.3 is 20.5 Å². The molecule has 0 aliphatic rings. The van der Waals surface area contributed by atoms with Gasteiger partial charge >= 0.3 is 5.82 Å². The van der Waals surface area contributed by atoms with E-state index in [1.165, 1.54) is 6.20 Å². The van der Waals surface area contributed by atoms with Crippen molar-refractivity contribution in [3.8, 4) is 0 Å². The number of rotatable bonds is 4. The maximum absolute atomic E-state index is 12.1. The predicted octanol–water partition coefficient (Wildman–Crippen LogP) is 1.64. The first-order valence-corrected chi connectivity index (χ1v) is 6.25. The highest BCUT2D eigenvalue weighted by molar-refractivity contribution is 9.10. The predicted molar refractivity (Wildman–Crippen MR) is 71.8 cm³/mol. The summed E-state index contributed by atoms with van der Waals surface area (Å²) in [4.78, 5) is 25.6. The van der Waals surface area contributed by atoms with E-state index >= 15 is 0 Å². The van der Waals surface area contributed by atoms with Crippen molar-refractivity contribution in [1.82, 2.24) is 10.3 Å². The summed E-state index contributed by atoms with van der Waals surface area (Å²) >= 11 is 3.12. The summed E-state index contributed by atoms with van der Waals surface area (Å²) in [7, 11) is 0. The maximum Gasteiger partial charge on any atom is 0.364 e. The summed E-state index contributed by atoms with van der Waals surface area (Å²) in [5.74, 6) is -0.938. The van der Waals surface area contributed by atoms with Crippen LogP contribution in [0.25, 0.3) is 0 Å². The number of nitrogens with zero attached hydrogens (tertiary/aromatic N) is 2. The van der Waals surface area contributed by atoms with E-state index in [2.05, 4.69) is 26.2 Å². The number of halogens is 1. The van der Waals surface area contributed by atoms with Crippen molar-refractivity contribution < 1.29 is 14.8 Å². The summed E-state index contributed by atoms with van der Waals surface area (Å²) < 4.78 is 0.344. The molecule has 8 heteroatoms. The molecule has 0 fully saturated rings. The number of aliphatic hydroxyl groups is 1. The van der Waals surface area contributed by atoms with Gasteiger partial charge in [0.05, 0.1) is 21.7 Å². The summed E-state index contributed by atoms with van der Waals surface area (Å²) in [5.41, 5.74) is -0.760. The molecule has 0 aromatic carbocycles. The molecule has 19 heavy (non-hydrogen) atoms. The van der Waals surface area contributed by atoms with Gasteiger partial charge in [0.1, 0.15) is 0 Å². The van der Waals surface area contributed by atoms with Crippen LogP contribution in [0, 0.1) is 10.1 Å². The van der Waals surface area contributed by atoms with Gasteiger partial charge in [0.15, 0.2) is 6.20 Å². The highest BCUT2D eigenvalue weighted by atomic mass is 79.9. The van der Waals surface area contributed by atoms with E-state index in [0.717, 1.165) is 6.07 Å². The highest BCUT2D eigenvalue weighted by Gasteiger charge is 2.28. The molecule has 104 valence electrons. The maximum atomic E-state index is 12.1. The zero-order chi connectivity index (χ0) is 14.8. The zero-order valence-electron chi connectivity index (χ0n) is 10.7. The monoisotopic (exact) mass is 331 g/mol. The number of aromatic nitrogens is 1. The Balaban J connectivity index is 3.06. The molecular weight excluding hydrogens is 318 g/mol. The number of carbonyl (C=O) groups excluding carboxylic acids is 1. The molecule has 1 aromatic rings. The van der Waals surface area contributed by atoms with Crippen molar-refractivity contribution in [2.45, 2.75) is 32.4 Å². The van der Waals surface area contributed by atoms with Gasteiger partial charge in [-0.05, 0) is 46.6 Å². The number of nitro groups is 1. The second-order valence-electron chi connectivity index (χ2n) is 4.63. The standard InChI is InChI=1S/C11H14BrN3O4/c1-6(16)11(2,3)14-10(17)7-4-9(15(18)19)13-5-8(7)12/h4-6,16H,1-3H3,(H,14,17). The lowest BCUT2D eigenvalue weighted by Gasteiger charge is -2.29. The van der Waals surface area contributed by atoms with Crippen LogP contribution < -0.4 is 5.32 Å². The van der Waals surface area contributed by atoms with Crippen LogP contribution in [-0.4, -0.2) is 32.6 Å². The lowest BCUT2D eigenvalue weighted by atomic mass is 9.98. The molecule has 1 heterocycles. The summed E-state index contributed by atoms with van der Waals surface area (Å²) in [5, 5.41) is 22.8. The number of aliphatic hydroxyl groups excluding tert-OH is 1. The van der Waals surface area contributed by atoms with E-state index in [9.17, 15) is 20.0 Å². The SMILES string of the molecule is CC(O)C(C)(C)NC(=O)c1cc([N+](=O)[O-])ncc1Br. The van der Waals surface area contributed by atoms with Crippen LogP contribution in [0.5, 0.6) is 0 Å². The van der Waals surface area contributed by atoms with Crippen molar-refractivity contribution in [2.75, 3.05) is 0 Å². The highest BCUT2D eigenvalue weighted by Crippen LogP contribution is 2.21. The first-order valence-electron chi connectivity index (χ1n) is 5.45. The summed E-state index contributed by atoms with van der Waals surface area (Å²) in [6.45, 7) is 4.85. The van der Waals surface area contributed by atoms with Crippen molar-refractivity contribution in [3.63, 3.8) is 0 Å². The Morgan fingerprint density at radius 1 is 1.63 bits per heavy atom. The van der Waals surface area contributed by atoms with Gasteiger partial charge in [-0.25, -0.2) is 0 Å². The number of hydrogen-bond acceptors (Lipinski definition) is 5. The van der Waals surface area contributed by atoms with Crippen LogP contribution in [0.15, 0.2) is 16.7 Å². The third kappa shape index (κ3) is 3.71. The molecule has 0 bridgehead atoms. The fraction of sp³-hybridized carbons (Fsp3) is 0.455. The quantitative estimate of drug-likeness (QED) is 0.644. The molecule has 1 aromatic heterocycles. The van der Waals surface area contributed by atoms with Gasteiger partial charge in [-0.1, -0.05) is 0 Å². The van der Waals surface area contributed by atoms with Gasteiger partial charge in [0.2, 0.25) is 0 Å². The molecule has 0 spiro atoms. The van der Waals surface area contributed by atoms with E-state index in [0.29, 0.717) is 4.47 Å². The number of amides is 1. The number of hydrogen-bond donors (Lipinski definition) is 2. The van der Waals surface area contributed by atoms with E-state index in [1.807, 2.05) is 0 Å². The Kier molecular flexibility index (Phi) is 4.59. The molecule has 7 nitrogen and oxygen atoms in total. The van der Waals surface area contributed by atoms with E-state index in [-0.39, 0.29) is 5.56 Å². The average Bonchev–Trinajstić information content (AvgIpc) is 2.28. The lowest BCUT2D eigenvalue weighted by Crippen LogP contribution is -2.51. The minimum Gasteiger partial charge on any atom is -0.391 e. The lowest BCUT2D eigenvalue weighted by molar-refractivity contribution is -0.389. The topological polar surface area (TPSA) is 105 Å². The molecule has 1 amide bonds. The minimum absolute atomic E-state index is 0.0930. The Bertz CT molecular complexity index is 517. The first-order chi connectivity index (χ1) is 8.65. The molecule has 0 aliphatic carbocycles.